The molecule has 2 aromatic carbocycles. The number of allylic oxidation sites excluding steroid dienone is 4. The Hall–Kier alpha value is -1.60. The Bertz CT molecular complexity index is 596. The second-order valence-electron chi connectivity index (χ2n) is 5.75. The predicted octanol–water partition coefficient (Wildman–Crippen LogP) is 5.91. The van der Waals surface area contributed by atoms with Crippen molar-refractivity contribution in [1.29, 1.82) is 0 Å². The van der Waals surface area contributed by atoms with Crippen molar-refractivity contribution in [3.63, 3.8) is 0 Å². The maximum atomic E-state index is 4.00. The Labute approximate surface area is 171 Å². The number of nitrogens with zero attached hydrogens (tertiary/aromatic N) is 1. The fourth-order valence-electron chi connectivity index (χ4n) is 1.94. The summed E-state index contributed by atoms with van der Waals surface area (Å²) in [5, 5.41) is 0. The van der Waals surface area contributed by atoms with Crippen LogP contribution in [-0.2, 0) is 16.8 Å². The molecule has 2 aromatic rings. The van der Waals surface area contributed by atoms with E-state index in [0.717, 1.165) is 17.0 Å². The first-order valence-corrected chi connectivity index (χ1v) is 10.9. The topological polar surface area (TPSA) is 12.4 Å². The minimum absolute atomic E-state index is 0. The van der Waals surface area contributed by atoms with E-state index in [1.54, 1.807) is 7.05 Å². The number of rotatable bonds is 3. The number of hydrogen-bond donors (Lipinski definition) is 0. The molecule has 2 radical (unpaired) electrons. The zero-order valence-electron chi connectivity index (χ0n) is 15.9. The first-order valence-electron chi connectivity index (χ1n) is 8.25. The van der Waals surface area contributed by atoms with Gasteiger partial charge in [-0.05, 0) is 20.0 Å². The molecule has 0 N–H and O–H groups in total. The summed E-state index contributed by atoms with van der Waals surface area (Å²) in [6.45, 7) is 6.69. The van der Waals surface area contributed by atoms with Crippen molar-refractivity contribution in [1.82, 2.24) is 0 Å². The van der Waals surface area contributed by atoms with E-state index in [4.69, 9.17) is 0 Å². The SMILES string of the molecule is CN=[C-][C-](c1ccccc1)c1ccccc1.CP(C)C.[CH]1C=CC=C1.[Co+2]. The Morgan fingerprint density at radius 3 is 1.38 bits per heavy atom. The summed E-state index contributed by atoms with van der Waals surface area (Å²) >= 11 is 0. The van der Waals surface area contributed by atoms with Crippen LogP contribution >= 0.6 is 7.92 Å². The molecule has 0 aromatic heterocycles. The number of hydrogen-bond acceptors (Lipinski definition) is 1. The van der Waals surface area contributed by atoms with Gasteiger partial charge >= 0.3 is 16.8 Å². The van der Waals surface area contributed by atoms with Gasteiger partial charge in [0.1, 0.15) is 0 Å². The van der Waals surface area contributed by atoms with Crippen LogP contribution in [-0.4, -0.2) is 33.3 Å². The van der Waals surface area contributed by atoms with Crippen molar-refractivity contribution in [3.05, 3.63) is 108 Å². The molecule has 3 rings (SSSR count). The molecule has 0 spiro atoms. The summed E-state index contributed by atoms with van der Waals surface area (Å²) in [5.41, 5.74) is 2.28. The van der Waals surface area contributed by atoms with Crippen molar-refractivity contribution in [3.8, 4) is 0 Å². The number of benzene rings is 2. The molecule has 1 aliphatic carbocycles. The third-order valence-corrected chi connectivity index (χ3v) is 2.90. The van der Waals surface area contributed by atoms with Crippen LogP contribution < -0.4 is 0 Å². The molecule has 0 saturated carbocycles. The molecule has 0 unspecified atom stereocenters. The van der Waals surface area contributed by atoms with E-state index >= 15 is 0 Å². The van der Waals surface area contributed by atoms with Crippen LogP contribution in [0.15, 0.2) is 90.0 Å². The average Bonchev–Trinajstić information content (AvgIpc) is 3.21. The van der Waals surface area contributed by atoms with Crippen LogP contribution in [0.3, 0.4) is 0 Å². The Morgan fingerprint density at radius 2 is 1.12 bits per heavy atom. The summed E-state index contributed by atoms with van der Waals surface area (Å²) in [4.78, 5) is 4.00. The number of aliphatic imine (C=N–C) groups is 1. The first-order chi connectivity index (χ1) is 12.1. The van der Waals surface area contributed by atoms with Crippen LogP contribution in [0.1, 0.15) is 11.1 Å². The molecule has 1 nitrogen and oxygen atoms in total. The second-order valence-corrected chi connectivity index (χ2v) is 8.43. The summed E-state index contributed by atoms with van der Waals surface area (Å²) in [6.07, 6.45) is 13.1. The molecule has 1 aliphatic rings. The van der Waals surface area contributed by atoms with Crippen molar-refractivity contribution in [2.45, 2.75) is 0 Å². The Kier molecular flexibility index (Phi) is 14.7. The largest absolute Gasteiger partial charge is 2.00 e. The van der Waals surface area contributed by atoms with Gasteiger partial charge in [0, 0.05) is 13.5 Å². The third kappa shape index (κ3) is 11.1. The van der Waals surface area contributed by atoms with Gasteiger partial charge in [0.15, 0.2) is 0 Å². The van der Waals surface area contributed by atoms with Crippen LogP contribution in [0.4, 0.5) is 0 Å². The summed E-state index contributed by atoms with van der Waals surface area (Å²) in [7, 11) is 2.12. The van der Waals surface area contributed by atoms with Crippen molar-refractivity contribution in [2.75, 3.05) is 27.0 Å². The van der Waals surface area contributed by atoms with Gasteiger partial charge in [-0.1, -0.05) is 36.4 Å². The molecule has 3 heteroatoms. The van der Waals surface area contributed by atoms with E-state index in [1.165, 1.54) is 0 Å². The van der Waals surface area contributed by atoms with Gasteiger partial charge in [-0.2, -0.15) is 24.3 Å². The summed E-state index contributed by atoms with van der Waals surface area (Å²) < 4.78 is 0. The van der Waals surface area contributed by atoms with Gasteiger partial charge in [0.05, 0.1) is 0 Å². The van der Waals surface area contributed by atoms with Crippen LogP contribution in [0.2, 0.25) is 0 Å². The molecule has 0 fully saturated rings. The van der Waals surface area contributed by atoms with Crippen LogP contribution in [0.25, 0.3) is 0 Å². The summed E-state index contributed by atoms with van der Waals surface area (Å²) in [6, 6.07) is 20.4. The smallest absolute Gasteiger partial charge is 0.371 e. The van der Waals surface area contributed by atoms with Crippen molar-refractivity contribution in [2.24, 2.45) is 4.99 Å². The minimum Gasteiger partial charge on any atom is -0.371 e. The molecule has 0 heterocycles. The normalized spacial score (nSPS) is 11.3. The van der Waals surface area contributed by atoms with E-state index in [-0.39, 0.29) is 16.8 Å². The first kappa shape index (κ1) is 24.4. The summed E-state index contributed by atoms with van der Waals surface area (Å²) in [5.74, 6) is 1.03. The average molecular weight is 407 g/mol. The zero-order chi connectivity index (χ0) is 18.3. The predicted molar refractivity (Wildman–Crippen MR) is 115 cm³/mol. The fourth-order valence-corrected chi connectivity index (χ4v) is 1.94. The Balaban J connectivity index is 0.000000519. The third-order valence-electron chi connectivity index (χ3n) is 2.90. The van der Waals surface area contributed by atoms with E-state index in [1.807, 2.05) is 67.1 Å². The monoisotopic (exact) mass is 407 g/mol. The molecule has 26 heavy (non-hydrogen) atoms. The van der Waals surface area contributed by atoms with Gasteiger partial charge in [-0.15, -0.1) is 38.4 Å². The molecular formula is C23H27CoNP. The van der Waals surface area contributed by atoms with E-state index < -0.39 is 0 Å². The van der Waals surface area contributed by atoms with Gasteiger partial charge in [-0.3, -0.25) is 0 Å². The van der Waals surface area contributed by atoms with Crippen molar-refractivity contribution < 1.29 is 16.8 Å². The van der Waals surface area contributed by atoms with E-state index in [0.29, 0.717) is 7.92 Å². The van der Waals surface area contributed by atoms with E-state index in [9.17, 15) is 0 Å². The molecule has 0 bridgehead atoms. The van der Waals surface area contributed by atoms with E-state index in [2.05, 4.69) is 55.5 Å². The molecule has 0 amide bonds. The molecule has 138 valence electrons. The van der Waals surface area contributed by atoms with Crippen molar-refractivity contribution >= 4 is 14.1 Å². The van der Waals surface area contributed by atoms with Gasteiger partial charge in [0.2, 0.25) is 0 Å². The molecular weight excluding hydrogens is 380 g/mol. The van der Waals surface area contributed by atoms with Crippen LogP contribution in [0, 0.1) is 12.3 Å². The maximum absolute atomic E-state index is 4.00. The minimum atomic E-state index is 0. The molecule has 0 atom stereocenters. The zero-order valence-corrected chi connectivity index (χ0v) is 17.8. The maximum Gasteiger partial charge on any atom is 2.00 e. The molecule has 0 saturated heterocycles. The van der Waals surface area contributed by atoms with Gasteiger partial charge in [-0.25, -0.2) is 17.0 Å². The Morgan fingerprint density at radius 1 is 0.731 bits per heavy atom. The quantitative estimate of drug-likeness (QED) is 0.341. The standard InChI is InChI=1S/C15H13N.C5H5.C3H9P.Co/c1-16-12-15(13-8-4-2-5-9-13)14-10-6-3-7-11-14;1-2-4-5-3-1;1-4(2)3;/h2-11H,1H3;1-5H;1-3H3;/q-2;;;+2. The molecule has 0 aliphatic heterocycles. The van der Waals surface area contributed by atoms with Gasteiger partial charge in [0.25, 0.3) is 0 Å². The van der Waals surface area contributed by atoms with Gasteiger partial charge < -0.3 is 4.99 Å². The fraction of sp³-hybridized carbons (Fsp3) is 0.174. The van der Waals surface area contributed by atoms with Crippen LogP contribution in [0.5, 0.6) is 0 Å². The second kappa shape index (κ2) is 15.6.